The number of nitrogens with zero attached hydrogens (tertiary/aromatic N) is 1. The minimum atomic E-state index is -0.311. The second-order valence-corrected chi connectivity index (χ2v) is 7.37. The van der Waals surface area contributed by atoms with Crippen molar-refractivity contribution in [3.05, 3.63) is 82.5 Å². The summed E-state index contributed by atoms with van der Waals surface area (Å²) in [5.41, 5.74) is 0.930. The maximum atomic E-state index is 13.1. The zero-order valence-electron chi connectivity index (χ0n) is 16.6. The fraction of sp³-hybridized carbons (Fsp3) is 0.182. The van der Waals surface area contributed by atoms with Crippen LogP contribution in [0.1, 0.15) is 5.69 Å². The number of pyridine rings is 1. The Morgan fingerprint density at radius 1 is 1.07 bits per heavy atom. The van der Waals surface area contributed by atoms with Gasteiger partial charge in [0.2, 0.25) is 11.3 Å². The number of aromatic nitrogens is 1. The lowest BCUT2D eigenvalue weighted by Crippen LogP contribution is -2.23. The van der Waals surface area contributed by atoms with E-state index in [-0.39, 0.29) is 29.4 Å². The standard InChI is InChI=1S/C22H21FN2O4S/c1-28-20-6-4-3-5-18(20)24-22(27)13-25-12-21(29-2)19(26)11-16(25)14-30-17-9-7-15(23)8-10-17/h3-12H,13-14H2,1-2H3,(H,24,27). The molecule has 1 heterocycles. The zero-order chi connectivity index (χ0) is 21.5. The van der Waals surface area contributed by atoms with Crippen LogP contribution in [0.3, 0.4) is 0 Å². The summed E-state index contributed by atoms with van der Waals surface area (Å²) in [7, 11) is 2.94. The summed E-state index contributed by atoms with van der Waals surface area (Å²) in [5.74, 6) is 0.533. The van der Waals surface area contributed by atoms with Crippen molar-refractivity contribution in [2.75, 3.05) is 19.5 Å². The van der Waals surface area contributed by atoms with Gasteiger partial charge >= 0.3 is 0 Å². The van der Waals surface area contributed by atoms with Crippen LogP contribution in [-0.4, -0.2) is 24.7 Å². The first-order valence-corrected chi connectivity index (χ1v) is 10.1. The number of rotatable bonds is 8. The van der Waals surface area contributed by atoms with E-state index in [1.807, 2.05) is 6.07 Å². The molecule has 0 spiro atoms. The largest absolute Gasteiger partial charge is 0.495 e. The van der Waals surface area contributed by atoms with Crippen molar-refractivity contribution in [3.8, 4) is 11.5 Å². The van der Waals surface area contributed by atoms with Crippen LogP contribution in [0.5, 0.6) is 11.5 Å². The number of amides is 1. The van der Waals surface area contributed by atoms with Gasteiger partial charge in [-0.05, 0) is 36.4 Å². The highest BCUT2D eigenvalue weighted by Crippen LogP contribution is 2.25. The number of methoxy groups -OCH3 is 2. The van der Waals surface area contributed by atoms with Gasteiger partial charge < -0.3 is 19.4 Å². The highest BCUT2D eigenvalue weighted by molar-refractivity contribution is 7.98. The zero-order valence-corrected chi connectivity index (χ0v) is 17.4. The minimum Gasteiger partial charge on any atom is -0.495 e. The van der Waals surface area contributed by atoms with Crippen LogP contribution in [0.2, 0.25) is 0 Å². The van der Waals surface area contributed by atoms with Gasteiger partial charge in [0.05, 0.1) is 26.1 Å². The topological polar surface area (TPSA) is 69.6 Å². The van der Waals surface area contributed by atoms with Crippen molar-refractivity contribution < 1.29 is 18.7 Å². The first-order chi connectivity index (χ1) is 14.5. The lowest BCUT2D eigenvalue weighted by molar-refractivity contribution is -0.116. The van der Waals surface area contributed by atoms with E-state index in [1.165, 1.54) is 50.4 Å². The molecule has 0 atom stereocenters. The van der Waals surface area contributed by atoms with Crippen molar-refractivity contribution >= 4 is 23.4 Å². The third-order valence-corrected chi connectivity index (χ3v) is 5.34. The minimum absolute atomic E-state index is 0.0198. The summed E-state index contributed by atoms with van der Waals surface area (Å²) in [6.45, 7) is -0.0198. The Hall–Kier alpha value is -3.26. The van der Waals surface area contributed by atoms with Crippen molar-refractivity contribution in [3.63, 3.8) is 0 Å². The molecule has 0 bridgehead atoms. The molecule has 0 saturated heterocycles. The molecule has 8 heteroatoms. The predicted octanol–water partition coefficient (Wildman–Crippen LogP) is 3.94. The number of halogens is 1. The molecule has 0 aliphatic heterocycles. The molecule has 0 fully saturated rings. The van der Waals surface area contributed by atoms with E-state index in [0.29, 0.717) is 22.9 Å². The summed E-state index contributed by atoms with van der Waals surface area (Å²) < 4.78 is 25.1. The third-order valence-electron chi connectivity index (χ3n) is 4.30. The average molecular weight is 428 g/mol. The number of ether oxygens (including phenoxy) is 2. The normalized spacial score (nSPS) is 10.5. The van der Waals surface area contributed by atoms with Crippen molar-refractivity contribution in [1.82, 2.24) is 4.57 Å². The number of thioether (sulfide) groups is 1. The summed E-state index contributed by atoms with van der Waals surface area (Å²) >= 11 is 1.44. The summed E-state index contributed by atoms with van der Waals surface area (Å²) in [5, 5.41) is 2.82. The van der Waals surface area contributed by atoms with Gasteiger partial charge in [0.15, 0.2) is 5.75 Å². The fourth-order valence-corrected chi connectivity index (χ4v) is 3.69. The second-order valence-electron chi connectivity index (χ2n) is 6.32. The Labute approximate surface area is 177 Å². The van der Waals surface area contributed by atoms with Gasteiger partial charge in [0, 0.05) is 22.4 Å². The van der Waals surface area contributed by atoms with Crippen LogP contribution in [0.25, 0.3) is 0 Å². The molecule has 6 nitrogen and oxygen atoms in total. The first kappa shape index (κ1) is 21.4. The lowest BCUT2D eigenvalue weighted by atomic mass is 10.3. The highest BCUT2D eigenvalue weighted by Gasteiger charge is 2.13. The van der Waals surface area contributed by atoms with Gasteiger partial charge in [-0.25, -0.2) is 4.39 Å². The van der Waals surface area contributed by atoms with Gasteiger partial charge in [0.25, 0.3) is 0 Å². The second kappa shape index (κ2) is 9.98. The Balaban J connectivity index is 1.80. The quantitative estimate of drug-likeness (QED) is 0.551. The van der Waals surface area contributed by atoms with Crippen LogP contribution < -0.4 is 20.2 Å². The third kappa shape index (κ3) is 5.42. The van der Waals surface area contributed by atoms with E-state index in [2.05, 4.69) is 5.32 Å². The number of anilines is 1. The maximum Gasteiger partial charge on any atom is 0.244 e. The van der Waals surface area contributed by atoms with Crippen molar-refractivity contribution in [2.24, 2.45) is 0 Å². The van der Waals surface area contributed by atoms with E-state index in [0.717, 1.165) is 4.90 Å². The molecular formula is C22H21FN2O4S. The summed E-state index contributed by atoms with van der Waals surface area (Å²) in [6.07, 6.45) is 1.52. The predicted molar refractivity (Wildman–Crippen MR) is 115 cm³/mol. The fourth-order valence-electron chi connectivity index (χ4n) is 2.80. The molecule has 1 N–H and O–H groups in total. The summed E-state index contributed by atoms with van der Waals surface area (Å²) in [4.78, 5) is 25.7. The molecule has 1 amide bonds. The number of hydrogen-bond donors (Lipinski definition) is 1. The maximum absolute atomic E-state index is 13.1. The van der Waals surface area contributed by atoms with Gasteiger partial charge in [-0.15, -0.1) is 11.8 Å². The van der Waals surface area contributed by atoms with E-state index in [1.54, 1.807) is 34.9 Å². The van der Waals surface area contributed by atoms with Crippen LogP contribution in [0.4, 0.5) is 10.1 Å². The van der Waals surface area contributed by atoms with Crippen molar-refractivity contribution in [1.29, 1.82) is 0 Å². The van der Waals surface area contributed by atoms with Crippen LogP contribution in [0.15, 0.2) is 70.5 Å². The number of carbonyl (C=O) groups is 1. The van der Waals surface area contributed by atoms with E-state index < -0.39 is 0 Å². The smallest absolute Gasteiger partial charge is 0.244 e. The van der Waals surface area contributed by atoms with Crippen LogP contribution >= 0.6 is 11.8 Å². The molecule has 0 radical (unpaired) electrons. The van der Waals surface area contributed by atoms with E-state index in [9.17, 15) is 14.0 Å². The van der Waals surface area contributed by atoms with E-state index >= 15 is 0 Å². The van der Waals surface area contributed by atoms with Crippen LogP contribution in [-0.2, 0) is 17.1 Å². The molecule has 156 valence electrons. The van der Waals surface area contributed by atoms with Gasteiger partial charge in [0.1, 0.15) is 18.1 Å². The van der Waals surface area contributed by atoms with Crippen molar-refractivity contribution in [2.45, 2.75) is 17.2 Å². The molecule has 30 heavy (non-hydrogen) atoms. The van der Waals surface area contributed by atoms with Gasteiger partial charge in [-0.3, -0.25) is 9.59 Å². The molecule has 0 unspecified atom stereocenters. The number of para-hydroxylation sites is 2. The average Bonchev–Trinajstić information content (AvgIpc) is 2.75. The molecule has 0 saturated carbocycles. The molecule has 1 aromatic heterocycles. The molecular weight excluding hydrogens is 407 g/mol. The Morgan fingerprint density at radius 2 is 1.77 bits per heavy atom. The number of nitrogens with one attached hydrogen (secondary N) is 1. The Kier molecular flexibility index (Phi) is 7.13. The first-order valence-electron chi connectivity index (χ1n) is 9.08. The molecule has 3 rings (SSSR count). The van der Waals surface area contributed by atoms with E-state index in [4.69, 9.17) is 9.47 Å². The molecule has 3 aromatic rings. The number of benzene rings is 2. The monoisotopic (exact) mass is 428 g/mol. The highest BCUT2D eigenvalue weighted by atomic mass is 32.2. The molecule has 2 aromatic carbocycles. The Bertz CT molecular complexity index is 1080. The van der Waals surface area contributed by atoms with Crippen LogP contribution in [0, 0.1) is 5.82 Å². The SMILES string of the molecule is COc1ccccc1NC(=O)Cn1cc(OC)c(=O)cc1CSc1ccc(F)cc1. The summed E-state index contributed by atoms with van der Waals surface area (Å²) in [6, 6.07) is 14.6. The molecule has 0 aliphatic carbocycles. The lowest BCUT2D eigenvalue weighted by Gasteiger charge is -2.15. The van der Waals surface area contributed by atoms with Gasteiger partial charge in [-0.1, -0.05) is 12.1 Å². The Morgan fingerprint density at radius 3 is 2.47 bits per heavy atom. The number of hydrogen-bond acceptors (Lipinski definition) is 5. The van der Waals surface area contributed by atoms with Gasteiger partial charge in [-0.2, -0.15) is 0 Å². The molecule has 0 aliphatic rings. The number of carbonyl (C=O) groups excluding carboxylic acids is 1.